The standard InChI is InChI=1S/C18H32N6O6/c1-29-17(27)21-13-7-3-11(4-8-13)19-15(25)23-24-16(26)20-12-5-9-14(10-6-12)22-18(28)30-2/h11-14H,3-10H2,1-2H3,(H,21,27)(H,22,28)(H2,19,23,25)(H2,20,24,26). The van der Waals surface area contributed by atoms with Crippen molar-refractivity contribution in [2.75, 3.05) is 14.2 Å². The van der Waals surface area contributed by atoms with Crippen LogP contribution in [0.25, 0.3) is 0 Å². The van der Waals surface area contributed by atoms with E-state index in [9.17, 15) is 19.2 Å². The third-order valence-corrected chi connectivity index (χ3v) is 5.43. The van der Waals surface area contributed by atoms with Gasteiger partial charge in [-0.2, -0.15) is 0 Å². The molecule has 6 amide bonds. The number of carbonyl (C=O) groups is 4. The maximum absolute atomic E-state index is 12.0. The summed E-state index contributed by atoms with van der Waals surface area (Å²) in [5, 5.41) is 11.1. The van der Waals surface area contributed by atoms with Crippen molar-refractivity contribution >= 4 is 24.2 Å². The van der Waals surface area contributed by atoms with Gasteiger partial charge in [0.1, 0.15) is 0 Å². The van der Waals surface area contributed by atoms with Gasteiger partial charge in [0.25, 0.3) is 0 Å². The molecule has 2 aliphatic rings. The molecule has 0 spiro atoms. The smallest absolute Gasteiger partial charge is 0.407 e. The number of rotatable bonds is 4. The highest BCUT2D eigenvalue weighted by Gasteiger charge is 2.25. The summed E-state index contributed by atoms with van der Waals surface area (Å²) in [5.74, 6) is 0. The number of alkyl carbamates (subject to hydrolysis) is 2. The summed E-state index contributed by atoms with van der Waals surface area (Å²) in [7, 11) is 2.65. The highest BCUT2D eigenvalue weighted by molar-refractivity contribution is 5.80. The topological polar surface area (TPSA) is 159 Å². The molecule has 0 radical (unpaired) electrons. The SMILES string of the molecule is COC(=O)NC1CCC(NC(=O)NNC(=O)NC2CCC(NC(=O)OC)CC2)CC1. The zero-order valence-electron chi connectivity index (χ0n) is 17.4. The Morgan fingerprint density at radius 3 is 1.07 bits per heavy atom. The van der Waals surface area contributed by atoms with Gasteiger partial charge < -0.3 is 30.7 Å². The molecule has 12 heteroatoms. The van der Waals surface area contributed by atoms with Crippen LogP contribution in [-0.4, -0.2) is 62.6 Å². The highest BCUT2D eigenvalue weighted by atomic mass is 16.5. The Labute approximate surface area is 175 Å². The van der Waals surface area contributed by atoms with Crippen molar-refractivity contribution in [3.05, 3.63) is 0 Å². The van der Waals surface area contributed by atoms with E-state index in [-0.39, 0.29) is 24.2 Å². The Morgan fingerprint density at radius 2 is 0.800 bits per heavy atom. The molecule has 0 atom stereocenters. The molecular formula is C18H32N6O6. The molecule has 2 fully saturated rings. The highest BCUT2D eigenvalue weighted by Crippen LogP contribution is 2.19. The molecule has 0 unspecified atom stereocenters. The predicted molar refractivity (Wildman–Crippen MR) is 107 cm³/mol. The van der Waals surface area contributed by atoms with Crippen molar-refractivity contribution in [3.8, 4) is 0 Å². The van der Waals surface area contributed by atoms with Crippen LogP contribution in [0.3, 0.4) is 0 Å². The lowest BCUT2D eigenvalue weighted by Gasteiger charge is -2.30. The number of hydrogen-bond acceptors (Lipinski definition) is 6. The van der Waals surface area contributed by atoms with Gasteiger partial charge in [-0.05, 0) is 51.4 Å². The van der Waals surface area contributed by atoms with Gasteiger partial charge >= 0.3 is 24.2 Å². The first-order chi connectivity index (χ1) is 14.4. The van der Waals surface area contributed by atoms with E-state index >= 15 is 0 Å². The average molecular weight is 428 g/mol. The summed E-state index contributed by atoms with van der Waals surface area (Å²) in [5.41, 5.74) is 4.68. The second kappa shape index (κ2) is 11.9. The van der Waals surface area contributed by atoms with Crippen molar-refractivity contribution in [1.82, 2.24) is 32.1 Å². The van der Waals surface area contributed by atoms with Crippen molar-refractivity contribution in [2.24, 2.45) is 0 Å². The van der Waals surface area contributed by atoms with Gasteiger partial charge in [0, 0.05) is 24.2 Å². The molecule has 6 N–H and O–H groups in total. The number of nitrogens with one attached hydrogen (secondary N) is 6. The molecule has 0 heterocycles. The molecule has 0 saturated heterocycles. The molecule has 30 heavy (non-hydrogen) atoms. The van der Waals surface area contributed by atoms with Crippen molar-refractivity contribution in [2.45, 2.75) is 75.5 Å². The number of carbonyl (C=O) groups excluding carboxylic acids is 4. The summed E-state index contributed by atoms with van der Waals surface area (Å²) in [6, 6.07) is -0.937. The van der Waals surface area contributed by atoms with Crippen LogP contribution in [0.2, 0.25) is 0 Å². The number of hydrogen-bond donors (Lipinski definition) is 6. The summed E-state index contributed by atoms with van der Waals surface area (Å²) in [4.78, 5) is 46.4. The lowest BCUT2D eigenvalue weighted by atomic mass is 9.91. The Balaban J connectivity index is 1.56. The minimum atomic E-state index is -0.486. The molecule has 2 saturated carbocycles. The van der Waals surface area contributed by atoms with E-state index in [0.717, 1.165) is 51.4 Å². The first-order valence-electron chi connectivity index (χ1n) is 10.2. The van der Waals surface area contributed by atoms with E-state index in [1.165, 1.54) is 14.2 Å². The lowest BCUT2D eigenvalue weighted by molar-refractivity contribution is 0.160. The van der Waals surface area contributed by atoms with E-state index in [1.807, 2.05) is 0 Å². The summed E-state index contributed by atoms with van der Waals surface area (Å²) in [6.07, 6.45) is 4.93. The fourth-order valence-electron chi connectivity index (χ4n) is 3.77. The third kappa shape index (κ3) is 8.21. The average Bonchev–Trinajstić information content (AvgIpc) is 2.75. The molecule has 12 nitrogen and oxygen atoms in total. The molecule has 0 aromatic carbocycles. The maximum Gasteiger partial charge on any atom is 0.407 e. The van der Waals surface area contributed by atoms with Gasteiger partial charge in [-0.25, -0.2) is 30.0 Å². The monoisotopic (exact) mass is 428 g/mol. The minimum absolute atomic E-state index is 0.0249. The van der Waals surface area contributed by atoms with Gasteiger partial charge in [-0.3, -0.25) is 0 Å². The molecular weight excluding hydrogens is 396 g/mol. The number of methoxy groups -OCH3 is 2. The van der Waals surface area contributed by atoms with Crippen molar-refractivity contribution < 1.29 is 28.7 Å². The number of urea groups is 2. The van der Waals surface area contributed by atoms with Crippen LogP contribution in [-0.2, 0) is 9.47 Å². The number of amides is 6. The van der Waals surface area contributed by atoms with Crippen LogP contribution in [0.15, 0.2) is 0 Å². The lowest BCUT2D eigenvalue weighted by Crippen LogP contribution is -2.55. The van der Waals surface area contributed by atoms with Gasteiger partial charge in [0.15, 0.2) is 0 Å². The first-order valence-corrected chi connectivity index (χ1v) is 10.2. The second-order valence-electron chi connectivity index (χ2n) is 7.57. The summed E-state index contributed by atoms with van der Waals surface area (Å²) in [6.45, 7) is 0. The first kappa shape index (κ1) is 23.4. The number of ether oxygens (including phenoxy) is 2. The predicted octanol–water partition coefficient (Wildman–Crippen LogP) is 0.834. The summed E-state index contributed by atoms with van der Waals surface area (Å²) >= 11 is 0. The number of hydrazine groups is 1. The zero-order valence-corrected chi connectivity index (χ0v) is 17.4. The van der Waals surface area contributed by atoms with Crippen molar-refractivity contribution in [1.29, 1.82) is 0 Å². The van der Waals surface area contributed by atoms with Crippen LogP contribution < -0.4 is 32.1 Å². The van der Waals surface area contributed by atoms with Crippen LogP contribution in [0.1, 0.15) is 51.4 Å². The van der Waals surface area contributed by atoms with E-state index < -0.39 is 24.2 Å². The van der Waals surface area contributed by atoms with Crippen LogP contribution >= 0.6 is 0 Å². The van der Waals surface area contributed by atoms with Gasteiger partial charge in [0.05, 0.1) is 14.2 Å². The minimum Gasteiger partial charge on any atom is -0.453 e. The Kier molecular flexibility index (Phi) is 9.29. The largest absolute Gasteiger partial charge is 0.453 e. The fraction of sp³-hybridized carbons (Fsp3) is 0.778. The van der Waals surface area contributed by atoms with E-state index in [1.54, 1.807) is 0 Å². The second-order valence-corrected chi connectivity index (χ2v) is 7.57. The normalized spacial score (nSPS) is 25.8. The molecule has 0 aromatic heterocycles. The van der Waals surface area contributed by atoms with E-state index in [2.05, 4.69) is 41.6 Å². The molecule has 2 aliphatic carbocycles. The molecule has 0 aromatic rings. The Bertz CT molecular complexity index is 550. The maximum atomic E-state index is 12.0. The molecule has 0 bridgehead atoms. The Morgan fingerprint density at radius 1 is 0.533 bits per heavy atom. The van der Waals surface area contributed by atoms with Gasteiger partial charge in [0.2, 0.25) is 0 Å². The van der Waals surface area contributed by atoms with Crippen molar-refractivity contribution in [3.63, 3.8) is 0 Å². The zero-order chi connectivity index (χ0) is 21.9. The Hall–Kier alpha value is -2.92. The molecule has 0 aliphatic heterocycles. The van der Waals surface area contributed by atoms with Gasteiger partial charge in [-0.1, -0.05) is 0 Å². The van der Waals surface area contributed by atoms with Crippen LogP contribution in [0, 0.1) is 0 Å². The summed E-state index contributed by atoms with van der Waals surface area (Å²) < 4.78 is 9.16. The van der Waals surface area contributed by atoms with E-state index in [4.69, 9.17) is 0 Å². The molecule has 170 valence electrons. The quantitative estimate of drug-likeness (QED) is 0.364. The van der Waals surface area contributed by atoms with E-state index in [0.29, 0.717) is 0 Å². The molecule has 2 rings (SSSR count). The third-order valence-electron chi connectivity index (χ3n) is 5.43. The van der Waals surface area contributed by atoms with Gasteiger partial charge in [-0.15, -0.1) is 0 Å². The fourth-order valence-corrected chi connectivity index (χ4v) is 3.77. The van der Waals surface area contributed by atoms with Crippen LogP contribution in [0.4, 0.5) is 19.2 Å². The van der Waals surface area contributed by atoms with Crippen LogP contribution in [0.5, 0.6) is 0 Å².